The smallest absolute Gasteiger partial charge is 0.305 e. The minimum atomic E-state index is -1.68. The number of hydrogen-bond donors (Lipinski definition) is 9. The van der Waals surface area contributed by atoms with Crippen molar-refractivity contribution in [1.82, 2.24) is 31.9 Å². The number of ketones is 1. The van der Waals surface area contributed by atoms with Crippen molar-refractivity contribution in [2.75, 3.05) is 0 Å². The van der Waals surface area contributed by atoms with Gasteiger partial charge in [-0.1, -0.05) is 53.2 Å². The summed E-state index contributed by atoms with van der Waals surface area (Å²) < 4.78 is 0. The Morgan fingerprint density at radius 1 is 0.678 bits per heavy atom. The van der Waals surface area contributed by atoms with Gasteiger partial charge in [0.15, 0.2) is 5.78 Å². The van der Waals surface area contributed by atoms with Crippen molar-refractivity contribution in [3.63, 3.8) is 0 Å². The average Bonchev–Trinajstić information content (AvgIpc) is 3.12. The number of hydrogen-bond acceptors (Lipinski definition) is 10. The molecular weight excluding hydrogens is 768 g/mol. The van der Waals surface area contributed by atoms with Crippen LogP contribution in [0.3, 0.4) is 0 Å². The number of unbranched alkanes of at least 4 members (excludes halogenated alkanes) is 2. The molecule has 8 amide bonds. The van der Waals surface area contributed by atoms with Gasteiger partial charge in [-0.05, 0) is 78.1 Å². The number of carboxylic acids is 1. The Balaban J connectivity index is 5.77. The van der Waals surface area contributed by atoms with Crippen LogP contribution in [0.25, 0.3) is 0 Å². The maximum atomic E-state index is 13.9. The van der Waals surface area contributed by atoms with Crippen molar-refractivity contribution >= 4 is 59.5 Å². The second-order valence-electron chi connectivity index (χ2n) is 16.3. The highest BCUT2D eigenvalue weighted by Gasteiger charge is 2.39. The molecule has 0 heterocycles. The quantitative estimate of drug-likeness (QED) is 0.0271. The summed E-state index contributed by atoms with van der Waals surface area (Å²) in [7, 11) is 0. The average molecular weight is 837 g/mol. The number of carboxylic acid groups (broad SMARTS) is 1. The molecular formula is C40H68N8O11. The lowest BCUT2D eigenvalue weighted by Gasteiger charge is -2.34. The van der Waals surface area contributed by atoms with Gasteiger partial charge in [0.25, 0.3) is 0 Å². The van der Waals surface area contributed by atoms with Gasteiger partial charge in [0.05, 0.1) is 25.3 Å². The first-order valence-corrected chi connectivity index (χ1v) is 20.0. The number of carbonyl (C=O) groups is 10. The molecule has 11 N–H and O–H groups in total. The maximum absolute atomic E-state index is 13.9. The summed E-state index contributed by atoms with van der Waals surface area (Å²) in [6, 6.07) is -5.06. The summed E-state index contributed by atoms with van der Waals surface area (Å²) in [5.41, 5.74) is 8.07. The van der Waals surface area contributed by atoms with Gasteiger partial charge in [0, 0.05) is 11.5 Å². The Labute approximate surface area is 347 Å². The van der Waals surface area contributed by atoms with Gasteiger partial charge in [-0.3, -0.25) is 47.9 Å². The molecule has 0 aliphatic carbocycles. The zero-order valence-electron chi connectivity index (χ0n) is 36.0. The molecule has 0 spiro atoms. The summed E-state index contributed by atoms with van der Waals surface area (Å²) in [4.78, 5) is 124. The van der Waals surface area contributed by atoms with Crippen LogP contribution in [0.1, 0.15) is 127 Å². The van der Waals surface area contributed by atoms with Gasteiger partial charge in [0.2, 0.25) is 47.8 Å². The van der Waals surface area contributed by atoms with Gasteiger partial charge in [-0.15, -0.1) is 0 Å². The summed E-state index contributed by atoms with van der Waals surface area (Å²) in [5.74, 6) is -7.72. The molecule has 7 atom stereocenters. The van der Waals surface area contributed by atoms with E-state index in [4.69, 9.17) is 11.5 Å². The van der Waals surface area contributed by atoms with E-state index in [2.05, 4.69) is 31.9 Å². The zero-order chi connectivity index (χ0) is 45.7. The Kier molecular flexibility index (Phi) is 23.5. The van der Waals surface area contributed by atoms with Gasteiger partial charge in [-0.2, -0.15) is 0 Å². The van der Waals surface area contributed by atoms with E-state index < -0.39 is 114 Å². The predicted octanol–water partition coefficient (Wildman–Crippen LogP) is 0.375. The maximum Gasteiger partial charge on any atom is 0.305 e. The fourth-order valence-corrected chi connectivity index (χ4v) is 5.95. The third-order valence-corrected chi connectivity index (χ3v) is 10.1. The first kappa shape index (κ1) is 53.6. The molecule has 0 rings (SSSR count). The molecule has 0 fully saturated rings. The van der Waals surface area contributed by atoms with Crippen LogP contribution >= 0.6 is 0 Å². The SMILES string of the molecule is CCC(C)C(C)C(=O)NC(CC(=O)O)C(=O)NC(C)(C)CCC/C=C\CCCC(C)(NC(=O)C(CC(N)=O)NC=O)C(=O)NC(C(=O)NC(CC(N)=O)C(C)=O)C(C)C. The van der Waals surface area contributed by atoms with E-state index >= 15 is 0 Å². The van der Waals surface area contributed by atoms with E-state index in [1.165, 1.54) is 13.8 Å². The normalized spacial score (nSPS) is 15.6. The van der Waals surface area contributed by atoms with Crippen molar-refractivity contribution in [2.45, 2.75) is 162 Å². The monoisotopic (exact) mass is 837 g/mol. The number of nitrogens with one attached hydrogen (secondary N) is 6. The lowest BCUT2D eigenvalue weighted by Crippen LogP contribution is -2.64. The Morgan fingerprint density at radius 2 is 1.19 bits per heavy atom. The summed E-state index contributed by atoms with van der Waals surface area (Å²) in [6.45, 7) is 15.0. The molecule has 0 saturated heterocycles. The Hall–Kier alpha value is -5.36. The number of allylic oxidation sites excluding steroid dienone is 2. The van der Waals surface area contributed by atoms with Crippen molar-refractivity contribution in [2.24, 2.45) is 29.2 Å². The number of rotatable bonds is 30. The highest BCUT2D eigenvalue weighted by atomic mass is 16.4. The molecule has 7 unspecified atom stereocenters. The Bertz CT molecular complexity index is 1530. The summed E-state index contributed by atoms with van der Waals surface area (Å²) in [5, 5.41) is 24.7. The Morgan fingerprint density at radius 3 is 1.66 bits per heavy atom. The lowest BCUT2D eigenvalue weighted by atomic mass is 9.91. The van der Waals surface area contributed by atoms with Crippen molar-refractivity contribution in [3.8, 4) is 0 Å². The van der Waals surface area contributed by atoms with Crippen molar-refractivity contribution < 1.29 is 53.1 Å². The molecule has 0 radical (unpaired) electrons. The van der Waals surface area contributed by atoms with E-state index in [1.807, 2.05) is 26.0 Å². The molecule has 0 aromatic heterocycles. The fraction of sp³-hybridized carbons (Fsp3) is 0.700. The van der Waals surface area contributed by atoms with Gasteiger partial charge < -0.3 is 48.5 Å². The van der Waals surface area contributed by atoms with E-state index in [1.54, 1.807) is 34.6 Å². The van der Waals surface area contributed by atoms with Crippen LogP contribution in [0.15, 0.2) is 12.2 Å². The van der Waals surface area contributed by atoms with Gasteiger partial charge in [0.1, 0.15) is 23.7 Å². The molecule has 0 saturated carbocycles. The first-order chi connectivity index (χ1) is 27.3. The van der Waals surface area contributed by atoms with Crippen LogP contribution in [0.4, 0.5) is 0 Å². The molecule has 0 aromatic carbocycles. The molecule has 19 heteroatoms. The van der Waals surface area contributed by atoms with Crippen LogP contribution in [-0.4, -0.2) is 99.9 Å². The molecule has 0 aliphatic rings. The van der Waals surface area contributed by atoms with Crippen LogP contribution < -0.4 is 43.4 Å². The fourth-order valence-electron chi connectivity index (χ4n) is 5.95. The first-order valence-electron chi connectivity index (χ1n) is 20.0. The van der Waals surface area contributed by atoms with E-state index in [0.717, 1.165) is 6.42 Å². The van der Waals surface area contributed by atoms with Gasteiger partial charge >= 0.3 is 5.97 Å². The van der Waals surface area contributed by atoms with Crippen LogP contribution in [0.2, 0.25) is 0 Å². The summed E-state index contributed by atoms with van der Waals surface area (Å²) >= 11 is 0. The van der Waals surface area contributed by atoms with Crippen LogP contribution in [0.5, 0.6) is 0 Å². The van der Waals surface area contributed by atoms with Crippen molar-refractivity contribution in [1.29, 1.82) is 0 Å². The molecule has 19 nitrogen and oxygen atoms in total. The van der Waals surface area contributed by atoms with Crippen LogP contribution in [-0.2, 0) is 47.9 Å². The number of nitrogens with two attached hydrogens (primary N) is 2. The largest absolute Gasteiger partial charge is 0.481 e. The topological polar surface area (TPSA) is 315 Å². The highest BCUT2D eigenvalue weighted by molar-refractivity contribution is 5.98. The predicted molar refractivity (Wildman–Crippen MR) is 218 cm³/mol. The molecule has 59 heavy (non-hydrogen) atoms. The standard InChI is InChI=1S/C40H68N8O11/c1-10-24(4)25(5)34(55)45-29(21-32(53)54)36(57)47-39(7,8)17-15-13-11-12-14-16-18-40(9,48-35(56)28(43-22-49)20-31(42)52)38(59)46-33(23(2)3)37(58)44-27(26(6)50)19-30(41)51/h11-12,22-25,27-29,33H,10,13-21H2,1-9H3,(H2,41,51)(H2,42,52)(H,43,49)(H,44,58)(H,45,55)(H,46,59)(H,47,57)(H,48,56)(H,53,54)/b12-11-. The second kappa shape index (κ2) is 25.9. The molecule has 334 valence electrons. The second-order valence-corrected chi connectivity index (χ2v) is 16.3. The number of carbonyl (C=O) groups excluding carboxylic acids is 9. The number of primary amides is 2. The highest BCUT2D eigenvalue weighted by Crippen LogP contribution is 2.19. The molecule has 0 aliphatic heterocycles. The number of Topliss-reactive ketones (excluding diaryl/α,β-unsaturated/α-hetero) is 1. The minimum absolute atomic E-state index is 0.0344. The molecule has 0 bridgehead atoms. The number of aliphatic carboxylic acids is 1. The zero-order valence-corrected chi connectivity index (χ0v) is 36.0. The lowest BCUT2D eigenvalue weighted by molar-refractivity contribution is -0.141. The van der Waals surface area contributed by atoms with E-state index in [0.29, 0.717) is 32.1 Å². The molecule has 0 aromatic rings. The van der Waals surface area contributed by atoms with Crippen molar-refractivity contribution in [3.05, 3.63) is 12.2 Å². The van der Waals surface area contributed by atoms with Gasteiger partial charge in [-0.25, -0.2) is 0 Å². The third-order valence-electron chi connectivity index (χ3n) is 10.1. The summed E-state index contributed by atoms with van der Waals surface area (Å²) in [6.07, 6.45) is 5.76. The van der Waals surface area contributed by atoms with E-state index in [9.17, 15) is 53.1 Å². The number of amides is 8. The van der Waals surface area contributed by atoms with Crippen LogP contribution in [0, 0.1) is 17.8 Å². The van der Waals surface area contributed by atoms with E-state index in [-0.39, 0.29) is 24.7 Å². The third kappa shape index (κ3) is 20.8. The minimum Gasteiger partial charge on any atom is -0.481 e.